The fourth-order valence-electron chi connectivity index (χ4n) is 0.842. The number of hydrogen-bond acceptors (Lipinski definition) is 2. The van der Waals surface area contributed by atoms with Crippen molar-refractivity contribution < 1.29 is 13.6 Å². The maximum absolute atomic E-state index is 12.8. The minimum atomic E-state index is -0.712. The molecule has 0 fully saturated rings. The highest BCUT2D eigenvalue weighted by Gasteiger charge is 2.07. The fraction of sp³-hybridized carbons (Fsp3) is 0.125. The van der Waals surface area contributed by atoms with Crippen LogP contribution in [-0.2, 0) is 11.3 Å². The van der Waals surface area contributed by atoms with Gasteiger partial charge in [0.2, 0.25) is 6.08 Å². The maximum Gasteiger partial charge on any atom is 0.235 e. The minimum absolute atomic E-state index is 0.0846. The van der Waals surface area contributed by atoms with Crippen molar-refractivity contribution in [3.63, 3.8) is 0 Å². The number of rotatable bonds is 2. The largest absolute Gasteiger partial charge is 0.235 e. The number of benzene rings is 1. The average molecular weight is 248 g/mol. The van der Waals surface area contributed by atoms with Gasteiger partial charge in [-0.05, 0) is 27.6 Å². The Kier molecular flexibility index (Phi) is 3.28. The van der Waals surface area contributed by atoms with E-state index in [0.717, 1.165) is 12.1 Å². The molecule has 68 valence electrons. The van der Waals surface area contributed by atoms with Crippen LogP contribution in [0.4, 0.5) is 8.78 Å². The van der Waals surface area contributed by atoms with Crippen LogP contribution in [0.1, 0.15) is 5.56 Å². The van der Waals surface area contributed by atoms with Crippen LogP contribution in [0, 0.1) is 11.6 Å². The Bertz CT molecular complexity index is 375. The van der Waals surface area contributed by atoms with Gasteiger partial charge in [0.15, 0.2) is 0 Å². The van der Waals surface area contributed by atoms with Crippen LogP contribution in [0.15, 0.2) is 21.6 Å². The van der Waals surface area contributed by atoms with Gasteiger partial charge in [0.05, 0.1) is 11.0 Å². The van der Waals surface area contributed by atoms with E-state index in [4.69, 9.17) is 0 Å². The van der Waals surface area contributed by atoms with Crippen LogP contribution in [0.25, 0.3) is 0 Å². The molecule has 0 aliphatic rings. The van der Waals surface area contributed by atoms with Crippen LogP contribution in [0.5, 0.6) is 0 Å². The first-order valence-corrected chi connectivity index (χ1v) is 4.11. The SMILES string of the molecule is O=C=NCc1cc(F)cc(F)c1Br. The summed E-state index contributed by atoms with van der Waals surface area (Å²) in [7, 11) is 0. The van der Waals surface area contributed by atoms with Crippen molar-refractivity contribution in [3.05, 3.63) is 33.8 Å². The van der Waals surface area contributed by atoms with Gasteiger partial charge < -0.3 is 0 Å². The molecule has 0 saturated heterocycles. The Hall–Kier alpha value is -1.06. The molecule has 0 aliphatic carbocycles. The summed E-state index contributed by atoms with van der Waals surface area (Å²) < 4.78 is 25.6. The standard InChI is InChI=1S/C8H4BrF2NO/c9-8-5(3-12-4-13)1-6(10)2-7(8)11/h1-2H,3H2. The molecule has 0 amide bonds. The number of isocyanates is 1. The van der Waals surface area contributed by atoms with Gasteiger partial charge >= 0.3 is 0 Å². The van der Waals surface area contributed by atoms with Crippen LogP contribution >= 0.6 is 15.9 Å². The van der Waals surface area contributed by atoms with E-state index in [1.807, 2.05) is 0 Å². The summed E-state index contributed by atoms with van der Waals surface area (Å²) in [6.07, 6.45) is 1.29. The first kappa shape index (κ1) is 10.0. The third kappa shape index (κ3) is 2.44. The first-order valence-electron chi connectivity index (χ1n) is 3.32. The van der Waals surface area contributed by atoms with Crippen molar-refractivity contribution in [2.24, 2.45) is 4.99 Å². The summed E-state index contributed by atoms with van der Waals surface area (Å²) in [6, 6.07) is 1.85. The van der Waals surface area contributed by atoms with E-state index in [1.54, 1.807) is 0 Å². The highest BCUT2D eigenvalue weighted by Crippen LogP contribution is 2.22. The van der Waals surface area contributed by atoms with Gasteiger partial charge in [-0.2, -0.15) is 0 Å². The van der Waals surface area contributed by atoms with E-state index < -0.39 is 11.6 Å². The minimum Gasteiger partial charge on any atom is -0.211 e. The van der Waals surface area contributed by atoms with Gasteiger partial charge in [0, 0.05) is 6.07 Å². The van der Waals surface area contributed by atoms with Gasteiger partial charge in [0.25, 0.3) is 0 Å². The number of aliphatic imine (C=N–C) groups is 1. The fourth-order valence-corrected chi connectivity index (χ4v) is 1.20. The van der Waals surface area contributed by atoms with Gasteiger partial charge in [-0.1, -0.05) is 0 Å². The second-order valence-electron chi connectivity index (χ2n) is 2.27. The number of hydrogen-bond donors (Lipinski definition) is 0. The molecule has 0 bridgehead atoms. The molecule has 0 unspecified atom stereocenters. The number of carbonyl (C=O) groups excluding carboxylic acids is 1. The summed E-state index contributed by atoms with van der Waals surface area (Å²) in [5.74, 6) is -1.41. The Morgan fingerprint density at radius 1 is 1.46 bits per heavy atom. The highest BCUT2D eigenvalue weighted by atomic mass is 79.9. The highest BCUT2D eigenvalue weighted by molar-refractivity contribution is 9.10. The molecule has 1 rings (SSSR count). The summed E-state index contributed by atoms with van der Waals surface area (Å²) >= 11 is 2.91. The lowest BCUT2D eigenvalue weighted by molar-refractivity contribution is 0.561. The average Bonchev–Trinajstić information content (AvgIpc) is 2.09. The smallest absolute Gasteiger partial charge is 0.211 e. The van der Waals surface area contributed by atoms with Gasteiger partial charge in [0.1, 0.15) is 11.6 Å². The second-order valence-corrected chi connectivity index (χ2v) is 3.06. The normalized spacial score (nSPS) is 9.46. The molecule has 2 nitrogen and oxygen atoms in total. The predicted molar refractivity (Wildman–Crippen MR) is 45.9 cm³/mol. The predicted octanol–water partition coefficient (Wildman–Crippen LogP) is 2.56. The number of nitrogens with zero attached hydrogens (tertiary/aromatic N) is 1. The molecule has 0 radical (unpaired) electrons. The molecule has 0 heterocycles. The zero-order valence-electron chi connectivity index (χ0n) is 6.35. The molecule has 13 heavy (non-hydrogen) atoms. The lowest BCUT2D eigenvalue weighted by atomic mass is 10.2. The Labute approximate surface area is 81.4 Å². The topological polar surface area (TPSA) is 29.4 Å². The molecule has 1 aromatic rings. The van der Waals surface area contributed by atoms with E-state index in [2.05, 4.69) is 20.9 Å². The van der Waals surface area contributed by atoms with Crippen molar-refractivity contribution in [2.45, 2.75) is 6.54 Å². The third-order valence-corrected chi connectivity index (χ3v) is 2.27. The molecule has 1 aromatic carbocycles. The van der Waals surface area contributed by atoms with E-state index in [0.29, 0.717) is 0 Å². The van der Waals surface area contributed by atoms with E-state index in [1.165, 1.54) is 6.08 Å². The van der Waals surface area contributed by atoms with Crippen molar-refractivity contribution >= 4 is 22.0 Å². The van der Waals surface area contributed by atoms with Gasteiger partial charge in [-0.3, -0.25) is 0 Å². The zero-order valence-corrected chi connectivity index (χ0v) is 7.94. The summed E-state index contributed by atoms with van der Waals surface area (Å²) in [5, 5.41) is 0. The van der Waals surface area contributed by atoms with Crippen molar-refractivity contribution in [3.8, 4) is 0 Å². The Balaban J connectivity index is 3.12. The van der Waals surface area contributed by atoms with E-state index in [-0.39, 0.29) is 16.6 Å². The van der Waals surface area contributed by atoms with Crippen LogP contribution in [-0.4, -0.2) is 6.08 Å². The zero-order chi connectivity index (χ0) is 9.84. The van der Waals surface area contributed by atoms with Gasteiger partial charge in [-0.25, -0.2) is 18.6 Å². The van der Waals surface area contributed by atoms with Crippen molar-refractivity contribution in [2.75, 3.05) is 0 Å². The molecule has 0 spiro atoms. The molecule has 0 saturated carbocycles. The van der Waals surface area contributed by atoms with Crippen molar-refractivity contribution in [1.29, 1.82) is 0 Å². The van der Waals surface area contributed by atoms with E-state index >= 15 is 0 Å². The van der Waals surface area contributed by atoms with E-state index in [9.17, 15) is 13.6 Å². The van der Waals surface area contributed by atoms with Crippen LogP contribution in [0.2, 0.25) is 0 Å². The van der Waals surface area contributed by atoms with Crippen LogP contribution in [0.3, 0.4) is 0 Å². The lowest BCUT2D eigenvalue weighted by Gasteiger charge is -2.01. The molecule has 0 aliphatic heterocycles. The lowest BCUT2D eigenvalue weighted by Crippen LogP contribution is -1.90. The van der Waals surface area contributed by atoms with Crippen molar-refractivity contribution in [1.82, 2.24) is 0 Å². The molecule has 0 aromatic heterocycles. The first-order chi connectivity index (χ1) is 6.15. The Morgan fingerprint density at radius 3 is 2.77 bits per heavy atom. The summed E-state index contributed by atoms with van der Waals surface area (Å²) in [6.45, 7) is -0.0846. The molecular formula is C8H4BrF2NO. The van der Waals surface area contributed by atoms with Crippen LogP contribution < -0.4 is 0 Å². The number of halogens is 3. The third-order valence-electron chi connectivity index (χ3n) is 1.38. The van der Waals surface area contributed by atoms with Gasteiger partial charge in [-0.15, -0.1) is 0 Å². The quantitative estimate of drug-likeness (QED) is 0.449. The second kappa shape index (κ2) is 4.25. The molecule has 0 atom stereocenters. The Morgan fingerprint density at radius 2 is 2.15 bits per heavy atom. The summed E-state index contributed by atoms with van der Waals surface area (Å²) in [4.78, 5) is 13.0. The molecule has 0 N–H and O–H groups in total. The molecular weight excluding hydrogens is 244 g/mol. The molecule has 5 heteroatoms. The maximum atomic E-state index is 12.8. The monoisotopic (exact) mass is 247 g/mol. The summed E-state index contributed by atoms with van der Waals surface area (Å²) in [5.41, 5.74) is 0.279.